The van der Waals surface area contributed by atoms with E-state index in [-0.39, 0.29) is 17.9 Å². The van der Waals surface area contributed by atoms with Crippen LogP contribution in [0.25, 0.3) is 0 Å². The summed E-state index contributed by atoms with van der Waals surface area (Å²) >= 11 is 0. The number of carbonyl (C=O) groups is 2. The molecule has 6 nitrogen and oxygen atoms in total. The molecule has 1 saturated heterocycles. The van der Waals surface area contributed by atoms with Crippen LogP contribution in [0.2, 0.25) is 0 Å². The molecule has 0 atom stereocenters. The van der Waals surface area contributed by atoms with Gasteiger partial charge in [0.25, 0.3) is 5.91 Å². The number of rotatable bonds is 4. The van der Waals surface area contributed by atoms with Gasteiger partial charge in [0, 0.05) is 19.1 Å². The van der Waals surface area contributed by atoms with E-state index >= 15 is 0 Å². The highest BCUT2D eigenvalue weighted by Crippen LogP contribution is 2.13. The Bertz CT molecular complexity index is 461. The summed E-state index contributed by atoms with van der Waals surface area (Å²) < 4.78 is 5.12. The number of amides is 2. The highest BCUT2D eigenvalue weighted by Gasteiger charge is 2.22. The van der Waals surface area contributed by atoms with Gasteiger partial charge in [0.2, 0.25) is 5.91 Å². The number of primary amides is 1. The van der Waals surface area contributed by atoms with Crippen molar-refractivity contribution in [3.05, 3.63) is 23.7 Å². The molecule has 0 spiro atoms. The molecule has 0 radical (unpaired) electrons. The summed E-state index contributed by atoms with van der Waals surface area (Å²) in [5.74, 6) is 0.222. The average molecular weight is 265 g/mol. The van der Waals surface area contributed by atoms with Crippen molar-refractivity contribution in [1.29, 1.82) is 0 Å². The molecule has 0 aliphatic carbocycles. The van der Waals surface area contributed by atoms with Crippen LogP contribution in [0.4, 0.5) is 0 Å². The van der Waals surface area contributed by atoms with Crippen molar-refractivity contribution in [2.75, 3.05) is 19.6 Å². The van der Waals surface area contributed by atoms with Crippen LogP contribution >= 0.6 is 0 Å². The zero-order chi connectivity index (χ0) is 13.8. The Morgan fingerprint density at radius 2 is 2.16 bits per heavy atom. The van der Waals surface area contributed by atoms with Gasteiger partial charge in [0.05, 0.1) is 18.4 Å². The molecular formula is C13H19N3O3. The molecule has 1 aliphatic rings. The number of hydrogen-bond donors (Lipinski definition) is 2. The Hall–Kier alpha value is -1.82. The van der Waals surface area contributed by atoms with Gasteiger partial charge >= 0.3 is 0 Å². The number of nitrogens with two attached hydrogens (primary N) is 1. The number of furan rings is 1. The molecule has 1 fully saturated rings. The quantitative estimate of drug-likeness (QED) is 0.817. The fourth-order valence-corrected chi connectivity index (χ4v) is 2.34. The summed E-state index contributed by atoms with van der Waals surface area (Å²) in [6.07, 6.45) is 3.17. The molecule has 104 valence electrons. The summed E-state index contributed by atoms with van der Waals surface area (Å²) in [5.41, 5.74) is 5.74. The van der Waals surface area contributed by atoms with Gasteiger partial charge in [-0.1, -0.05) is 0 Å². The van der Waals surface area contributed by atoms with Crippen LogP contribution in [-0.4, -0.2) is 42.4 Å². The Balaban J connectivity index is 1.81. The monoisotopic (exact) mass is 265 g/mol. The molecule has 0 bridgehead atoms. The van der Waals surface area contributed by atoms with E-state index in [0.717, 1.165) is 25.9 Å². The second-order valence-corrected chi connectivity index (χ2v) is 4.88. The lowest BCUT2D eigenvalue weighted by atomic mass is 10.0. The molecule has 3 N–H and O–H groups in total. The lowest BCUT2D eigenvalue weighted by Crippen LogP contribution is -2.46. The Labute approximate surface area is 111 Å². The number of hydrogen-bond acceptors (Lipinski definition) is 4. The zero-order valence-electron chi connectivity index (χ0n) is 11.0. The number of aryl methyl sites for hydroxylation is 1. The summed E-state index contributed by atoms with van der Waals surface area (Å²) in [7, 11) is 0. The minimum absolute atomic E-state index is 0.0976. The number of likely N-dealkylation sites (tertiary alicyclic amines) is 1. The third-order valence-corrected chi connectivity index (χ3v) is 3.41. The molecule has 1 aromatic heterocycles. The van der Waals surface area contributed by atoms with E-state index in [4.69, 9.17) is 10.2 Å². The second kappa shape index (κ2) is 5.88. The zero-order valence-corrected chi connectivity index (χ0v) is 11.0. The lowest BCUT2D eigenvalue weighted by Gasteiger charge is -2.31. The summed E-state index contributed by atoms with van der Waals surface area (Å²) in [5, 5.41) is 2.99. The standard InChI is InChI=1S/C13H19N3O3/c1-9-11(4-7-19-9)13(18)15-10-2-5-16(6-3-10)8-12(14)17/h4,7,10H,2-3,5-6,8H2,1H3,(H2,14,17)(H,15,18). The van der Waals surface area contributed by atoms with Crippen LogP contribution < -0.4 is 11.1 Å². The van der Waals surface area contributed by atoms with Crippen LogP contribution in [-0.2, 0) is 4.79 Å². The van der Waals surface area contributed by atoms with Gasteiger partial charge in [-0.2, -0.15) is 0 Å². The fraction of sp³-hybridized carbons (Fsp3) is 0.538. The first kappa shape index (κ1) is 13.6. The number of nitrogens with one attached hydrogen (secondary N) is 1. The Kier molecular flexibility index (Phi) is 4.21. The molecule has 0 saturated carbocycles. The summed E-state index contributed by atoms with van der Waals surface area (Å²) in [6.45, 7) is 3.61. The van der Waals surface area contributed by atoms with E-state index in [1.165, 1.54) is 6.26 Å². The van der Waals surface area contributed by atoms with Gasteiger partial charge < -0.3 is 15.5 Å². The van der Waals surface area contributed by atoms with E-state index in [1.54, 1.807) is 13.0 Å². The molecule has 6 heteroatoms. The molecule has 0 unspecified atom stereocenters. The summed E-state index contributed by atoms with van der Waals surface area (Å²) in [6, 6.07) is 1.82. The Morgan fingerprint density at radius 3 is 2.68 bits per heavy atom. The van der Waals surface area contributed by atoms with E-state index in [9.17, 15) is 9.59 Å². The minimum atomic E-state index is -0.309. The predicted octanol–water partition coefficient (Wildman–Crippen LogP) is 0.268. The van der Waals surface area contributed by atoms with Crippen molar-refractivity contribution < 1.29 is 14.0 Å². The highest BCUT2D eigenvalue weighted by molar-refractivity contribution is 5.95. The van der Waals surface area contributed by atoms with E-state index < -0.39 is 0 Å². The molecule has 19 heavy (non-hydrogen) atoms. The first-order chi connectivity index (χ1) is 9.06. The van der Waals surface area contributed by atoms with Crippen molar-refractivity contribution in [1.82, 2.24) is 10.2 Å². The molecule has 2 amide bonds. The van der Waals surface area contributed by atoms with Crippen LogP contribution in [0, 0.1) is 6.92 Å². The SMILES string of the molecule is Cc1occc1C(=O)NC1CCN(CC(N)=O)CC1. The second-order valence-electron chi connectivity index (χ2n) is 4.88. The average Bonchev–Trinajstić information content (AvgIpc) is 2.77. The number of carbonyl (C=O) groups excluding carboxylic acids is 2. The van der Waals surface area contributed by atoms with Gasteiger partial charge in [0.1, 0.15) is 5.76 Å². The Morgan fingerprint density at radius 1 is 1.47 bits per heavy atom. The largest absolute Gasteiger partial charge is 0.469 e. The first-order valence-corrected chi connectivity index (χ1v) is 6.42. The van der Waals surface area contributed by atoms with Crippen molar-refractivity contribution in [2.45, 2.75) is 25.8 Å². The van der Waals surface area contributed by atoms with E-state index in [2.05, 4.69) is 5.32 Å². The van der Waals surface area contributed by atoms with E-state index in [1.807, 2.05) is 4.90 Å². The fourth-order valence-electron chi connectivity index (χ4n) is 2.34. The maximum atomic E-state index is 12.0. The van der Waals surface area contributed by atoms with Crippen LogP contribution in [0.3, 0.4) is 0 Å². The molecule has 0 aromatic carbocycles. The van der Waals surface area contributed by atoms with Crippen molar-refractivity contribution in [3.63, 3.8) is 0 Å². The maximum absolute atomic E-state index is 12.0. The van der Waals surface area contributed by atoms with Crippen LogP contribution in [0.5, 0.6) is 0 Å². The van der Waals surface area contributed by atoms with Gasteiger partial charge in [-0.3, -0.25) is 14.5 Å². The molecule has 2 heterocycles. The van der Waals surface area contributed by atoms with Gasteiger partial charge in [-0.25, -0.2) is 0 Å². The van der Waals surface area contributed by atoms with Crippen LogP contribution in [0.1, 0.15) is 29.0 Å². The lowest BCUT2D eigenvalue weighted by molar-refractivity contribution is -0.119. The number of nitrogens with zero attached hydrogens (tertiary/aromatic N) is 1. The van der Waals surface area contributed by atoms with Gasteiger partial charge in [-0.15, -0.1) is 0 Å². The van der Waals surface area contributed by atoms with Gasteiger partial charge in [-0.05, 0) is 25.8 Å². The van der Waals surface area contributed by atoms with Crippen LogP contribution in [0.15, 0.2) is 16.7 Å². The van der Waals surface area contributed by atoms with Crippen molar-refractivity contribution in [3.8, 4) is 0 Å². The summed E-state index contributed by atoms with van der Waals surface area (Å²) in [4.78, 5) is 24.8. The third-order valence-electron chi connectivity index (χ3n) is 3.41. The predicted molar refractivity (Wildman–Crippen MR) is 69.6 cm³/mol. The van der Waals surface area contributed by atoms with Crippen molar-refractivity contribution in [2.24, 2.45) is 5.73 Å². The van der Waals surface area contributed by atoms with Gasteiger partial charge in [0.15, 0.2) is 0 Å². The molecule has 1 aliphatic heterocycles. The normalized spacial score (nSPS) is 17.3. The first-order valence-electron chi connectivity index (χ1n) is 6.42. The third kappa shape index (κ3) is 3.57. The smallest absolute Gasteiger partial charge is 0.255 e. The van der Waals surface area contributed by atoms with E-state index in [0.29, 0.717) is 17.9 Å². The molecule has 1 aromatic rings. The molecular weight excluding hydrogens is 246 g/mol. The number of piperidine rings is 1. The highest BCUT2D eigenvalue weighted by atomic mass is 16.3. The topological polar surface area (TPSA) is 88.6 Å². The molecule has 2 rings (SSSR count). The maximum Gasteiger partial charge on any atom is 0.255 e. The minimum Gasteiger partial charge on any atom is -0.469 e. The van der Waals surface area contributed by atoms with Crippen molar-refractivity contribution >= 4 is 11.8 Å².